The molecule has 0 bridgehead atoms. The highest BCUT2D eigenvalue weighted by Crippen LogP contribution is 2.29. The maximum absolute atomic E-state index is 12.2. The third-order valence-corrected chi connectivity index (χ3v) is 1.39. The van der Waals surface area contributed by atoms with Crippen molar-refractivity contribution < 1.29 is 22.7 Å². The molecule has 0 aliphatic heterocycles. The van der Waals surface area contributed by atoms with Gasteiger partial charge in [0.25, 0.3) is 0 Å². The van der Waals surface area contributed by atoms with Gasteiger partial charge >= 0.3 is 12.1 Å². The van der Waals surface area contributed by atoms with Crippen LogP contribution in [0.25, 0.3) is 0 Å². The third kappa shape index (κ3) is 1.98. The number of aromatic nitrogens is 2. The quantitative estimate of drug-likeness (QED) is 0.649. The Morgan fingerprint density at radius 3 is 2.64 bits per heavy atom. The van der Waals surface area contributed by atoms with E-state index in [9.17, 15) is 18.0 Å². The predicted molar refractivity (Wildman–Crippen MR) is 38.4 cm³/mol. The molecule has 0 spiro atoms. The molecule has 0 fully saturated rings. The lowest BCUT2D eigenvalue weighted by molar-refractivity contribution is -0.142. The zero-order valence-corrected chi connectivity index (χ0v) is 7.00. The Bertz CT molecular complexity index is 351. The van der Waals surface area contributed by atoms with Crippen LogP contribution >= 0.6 is 0 Å². The van der Waals surface area contributed by atoms with E-state index in [4.69, 9.17) is 0 Å². The van der Waals surface area contributed by atoms with Crippen LogP contribution in [-0.2, 0) is 10.9 Å². The van der Waals surface area contributed by atoms with Gasteiger partial charge in [0, 0.05) is 0 Å². The van der Waals surface area contributed by atoms with E-state index in [2.05, 4.69) is 14.9 Å². The maximum Gasteiger partial charge on any atom is 0.436 e. The minimum atomic E-state index is -4.71. The highest BCUT2D eigenvalue weighted by atomic mass is 19.4. The van der Waals surface area contributed by atoms with Crippen molar-refractivity contribution in [3.8, 4) is 0 Å². The fraction of sp³-hybridized carbons (Fsp3) is 0.286. The van der Waals surface area contributed by atoms with Crippen LogP contribution in [0.3, 0.4) is 0 Å². The highest BCUT2D eigenvalue weighted by molar-refractivity contribution is 5.90. The largest absolute Gasteiger partial charge is 0.465 e. The van der Waals surface area contributed by atoms with Crippen LogP contribution in [0.4, 0.5) is 13.2 Å². The number of halogens is 3. The molecule has 14 heavy (non-hydrogen) atoms. The molecule has 0 unspecified atom stereocenters. The number of rotatable bonds is 1. The summed E-state index contributed by atoms with van der Waals surface area (Å²) >= 11 is 0. The first-order valence-corrected chi connectivity index (χ1v) is 3.44. The summed E-state index contributed by atoms with van der Waals surface area (Å²) in [7, 11) is 0.989. The highest BCUT2D eigenvalue weighted by Gasteiger charge is 2.38. The molecule has 1 aromatic rings. The Kier molecular flexibility index (Phi) is 2.68. The minimum absolute atomic E-state index is 0.644. The number of methoxy groups -OCH3 is 1. The van der Waals surface area contributed by atoms with Gasteiger partial charge in [-0.05, 0) is 6.07 Å². The first-order chi connectivity index (χ1) is 6.46. The zero-order valence-electron chi connectivity index (χ0n) is 7.00. The van der Waals surface area contributed by atoms with Gasteiger partial charge in [0.1, 0.15) is 0 Å². The summed E-state index contributed by atoms with van der Waals surface area (Å²) in [6, 6.07) is 0.904. The molecule has 0 saturated carbocycles. The van der Waals surface area contributed by atoms with Crippen molar-refractivity contribution in [2.24, 2.45) is 0 Å². The topological polar surface area (TPSA) is 52.1 Å². The molecule has 1 rings (SSSR count). The molecular formula is C7H5F3N2O2. The van der Waals surface area contributed by atoms with E-state index < -0.39 is 23.4 Å². The third-order valence-electron chi connectivity index (χ3n) is 1.39. The van der Waals surface area contributed by atoms with Gasteiger partial charge in [-0.2, -0.15) is 18.3 Å². The molecule has 0 aromatic carbocycles. The fourth-order valence-corrected chi connectivity index (χ4v) is 0.816. The molecule has 1 heterocycles. The number of esters is 1. The van der Waals surface area contributed by atoms with Crippen LogP contribution in [0.1, 0.15) is 16.1 Å². The average Bonchev–Trinajstić information content (AvgIpc) is 2.15. The number of ether oxygens (including phenoxy) is 1. The molecule has 0 radical (unpaired) electrons. The standard InChI is InChI=1S/C7H5F3N2O2/c1-14-6(13)4-2-3-11-12-5(4)7(8,9)10/h2-3H,1H3. The molecule has 4 nitrogen and oxygen atoms in total. The lowest BCUT2D eigenvalue weighted by atomic mass is 10.2. The van der Waals surface area contributed by atoms with Crippen molar-refractivity contribution in [1.82, 2.24) is 10.2 Å². The summed E-state index contributed by atoms with van der Waals surface area (Å²) in [6.45, 7) is 0. The minimum Gasteiger partial charge on any atom is -0.465 e. The second kappa shape index (κ2) is 3.60. The van der Waals surface area contributed by atoms with E-state index in [1.54, 1.807) is 0 Å². The Morgan fingerprint density at radius 2 is 2.14 bits per heavy atom. The molecule has 0 amide bonds. The van der Waals surface area contributed by atoms with Crippen LogP contribution in [0.2, 0.25) is 0 Å². The molecule has 0 saturated heterocycles. The first kappa shape index (κ1) is 10.4. The SMILES string of the molecule is COC(=O)c1ccnnc1C(F)(F)F. The van der Waals surface area contributed by atoms with Gasteiger partial charge in [-0.3, -0.25) is 0 Å². The molecule has 0 aliphatic rings. The number of nitrogens with zero attached hydrogens (tertiary/aromatic N) is 2. The predicted octanol–water partition coefficient (Wildman–Crippen LogP) is 1.28. The molecule has 0 N–H and O–H groups in total. The summed E-state index contributed by atoms with van der Waals surface area (Å²) in [5.74, 6) is -1.09. The smallest absolute Gasteiger partial charge is 0.436 e. The van der Waals surface area contributed by atoms with Gasteiger partial charge in [0.2, 0.25) is 0 Å². The number of hydrogen-bond acceptors (Lipinski definition) is 4. The van der Waals surface area contributed by atoms with Crippen LogP contribution in [0.15, 0.2) is 12.3 Å². The van der Waals surface area contributed by atoms with Crippen LogP contribution in [0.5, 0.6) is 0 Å². The lowest BCUT2D eigenvalue weighted by Gasteiger charge is -2.07. The van der Waals surface area contributed by atoms with Crippen molar-refractivity contribution in [3.05, 3.63) is 23.5 Å². The average molecular weight is 206 g/mol. The monoisotopic (exact) mass is 206 g/mol. The van der Waals surface area contributed by atoms with Crippen molar-refractivity contribution >= 4 is 5.97 Å². The van der Waals surface area contributed by atoms with Crippen molar-refractivity contribution in [3.63, 3.8) is 0 Å². The van der Waals surface area contributed by atoms with E-state index in [-0.39, 0.29) is 0 Å². The normalized spacial score (nSPS) is 11.1. The van der Waals surface area contributed by atoms with Crippen molar-refractivity contribution in [1.29, 1.82) is 0 Å². The van der Waals surface area contributed by atoms with Gasteiger partial charge in [-0.25, -0.2) is 4.79 Å². The number of carbonyl (C=O) groups is 1. The molecule has 76 valence electrons. The van der Waals surface area contributed by atoms with Crippen LogP contribution in [-0.4, -0.2) is 23.3 Å². The number of hydrogen-bond donors (Lipinski definition) is 0. The summed E-state index contributed by atoms with van der Waals surface area (Å²) in [5, 5.41) is 5.89. The van der Waals surface area contributed by atoms with E-state index in [0.717, 1.165) is 19.4 Å². The summed E-state index contributed by atoms with van der Waals surface area (Å²) in [4.78, 5) is 10.9. The molecule has 1 aromatic heterocycles. The molecular weight excluding hydrogens is 201 g/mol. The van der Waals surface area contributed by atoms with E-state index in [1.165, 1.54) is 0 Å². The zero-order chi connectivity index (χ0) is 10.8. The number of carbonyl (C=O) groups excluding carboxylic acids is 1. The summed E-state index contributed by atoms with van der Waals surface area (Å²) < 4.78 is 40.9. The Labute approximate surface area is 76.7 Å². The van der Waals surface area contributed by atoms with Gasteiger partial charge in [0.05, 0.1) is 18.9 Å². The van der Waals surface area contributed by atoms with E-state index in [0.29, 0.717) is 0 Å². The lowest BCUT2D eigenvalue weighted by Crippen LogP contribution is -2.16. The second-order valence-electron chi connectivity index (χ2n) is 2.28. The first-order valence-electron chi connectivity index (χ1n) is 3.44. The summed E-state index contributed by atoms with van der Waals surface area (Å²) in [5.41, 5.74) is -1.98. The molecule has 7 heteroatoms. The fourth-order valence-electron chi connectivity index (χ4n) is 0.816. The Morgan fingerprint density at radius 1 is 1.50 bits per heavy atom. The maximum atomic E-state index is 12.2. The van der Waals surface area contributed by atoms with Crippen molar-refractivity contribution in [2.75, 3.05) is 7.11 Å². The molecule has 0 atom stereocenters. The number of alkyl halides is 3. The van der Waals surface area contributed by atoms with Crippen LogP contribution in [0, 0.1) is 0 Å². The van der Waals surface area contributed by atoms with Gasteiger partial charge in [-0.15, -0.1) is 5.10 Å². The summed E-state index contributed by atoms with van der Waals surface area (Å²) in [6.07, 6.45) is -3.72. The molecule has 0 aliphatic carbocycles. The van der Waals surface area contributed by atoms with E-state index in [1.807, 2.05) is 0 Å². The van der Waals surface area contributed by atoms with Gasteiger partial charge in [-0.1, -0.05) is 0 Å². The Balaban J connectivity index is 3.23. The van der Waals surface area contributed by atoms with Crippen molar-refractivity contribution in [2.45, 2.75) is 6.18 Å². The van der Waals surface area contributed by atoms with Gasteiger partial charge in [0.15, 0.2) is 5.69 Å². The van der Waals surface area contributed by atoms with E-state index >= 15 is 0 Å². The second-order valence-corrected chi connectivity index (χ2v) is 2.28. The van der Waals surface area contributed by atoms with Crippen LogP contribution < -0.4 is 0 Å². The van der Waals surface area contributed by atoms with Gasteiger partial charge < -0.3 is 4.74 Å². The Hall–Kier alpha value is -1.66.